The van der Waals surface area contributed by atoms with Crippen molar-refractivity contribution in [3.63, 3.8) is 0 Å². The number of esters is 1. The van der Waals surface area contributed by atoms with Crippen molar-refractivity contribution >= 4 is 50.4 Å². The van der Waals surface area contributed by atoms with Crippen LogP contribution < -0.4 is 0 Å². The Morgan fingerprint density at radius 2 is 2.20 bits per heavy atom. The molecule has 1 aromatic rings. The molecular weight excluding hydrogens is 441 g/mol. The minimum atomic E-state index is -0.729. The molecule has 2 unspecified atom stereocenters. The maximum Gasteiger partial charge on any atom is 0.328 e. The molecule has 1 fully saturated rings. The number of β-amino-alcohol motifs (C(OH)–C–C–N with tert-alkyl or cyclic N) is 1. The summed E-state index contributed by atoms with van der Waals surface area (Å²) in [6.07, 6.45) is -0.496. The molecule has 0 radical (unpaired) electrons. The SMILES string of the molecule is COC(=O)C1CC(O)CN1C(=O)c1cc(I)ccc1Br. The fourth-order valence-corrected chi connectivity index (χ4v) is 3.12. The summed E-state index contributed by atoms with van der Waals surface area (Å²) in [4.78, 5) is 25.7. The molecule has 0 bridgehead atoms. The molecule has 20 heavy (non-hydrogen) atoms. The van der Waals surface area contributed by atoms with Crippen molar-refractivity contribution in [1.82, 2.24) is 4.90 Å². The molecule has 1 amide bonds. The normalized spacial score (nSPS) is 21.9. The Balaban J connectivity index is 2.31. The summed E-state index contributed by atoms with van der Waals surface area (Å²) in [7, 11) is 1.27. The lowest BCUT2D eigenvalue weighted by Crippen LogP contribution is -2.41. The number of likely N-dealkylation sites (tertiary alicyclic amines) is 1. The largest absolute Gasteiger partial charge is 0.467 e. The van der Waals surface area contributed by atoms with Gasteiger partial charge in [-0.25, -0.2) is 4.79 Å². The van der Waals surface area contributed by atoms with Gasteiger partial charge >= 0.3 is 5.97 Å². The minimum absolute atomic E-state index is 0.135. The Morgan fingerprint density at radius 1 is 1.50 bits per heavy atom. The molecule has 1 aliphatic heterocycles. The molecule has 0 aromatic heterocycles. The molecule has 2 rings (SSSR count). The second kappa shape index (κ2) is 6.40. The zero-order chi connectivity index (χ0) is 14.9. The third kappa shape index (κ3) is 3.15. The van der Waals surface area contributed by atoms with Gasteiger partial charge in [-0.05, 0) is 56.7 Å². The standard InChI is InChI=1S/C13H13BrINO4/c1-20-13(19)11-5-8(17)6-16(11)12(18)9-4-7(15)2-3-10(9)14/h2-4,8,11,17H,5-6H2,1H3. The van der Waals surface area contributed by atoms with E-state index in [2.05, 4.69) is 38.5 Å². The van der Waals surface area contributed by atoms with Crippen molar-refractivity contribution in [2.75, 3.05) is 13.7 Å². The van der Waals surface area contributed by atoms with E-state index in [0.29, 0.717) is 10.0 Å². The van der Waals surface area contributed by atoms with Crippen LogP contribution in [0.15, 0.2) is 22.7 Å². The molecule has 1 N–H and O–H groups in total. The van der Waals surface area contributed by atoms with Crippen LogP contribution in [0.4, 0.5) is 0 Å². The molecule has 0 spiro atoms. The lowest BCUT2D eigenvalue weighted by atomic mass is 10.1. The summed E-state index contributed by atoms with van der Waals surface area (Å²) in [5.74, 6) is -0.793. The van der Waals surface area contributed by atoms with Crippen LogP contribution in [0.1, 0.15) is 16.8 Å². The molecule has 5 nitrogen and oxygen atoms in total. The second-order valence-electron chi connectivity index (χ2n) is 4.51. The molecule has 7 heteroatoms. The van der Waals surface area contributed by atoms with E-state index < -0.39 is 18.1 Å². The van der Waals surface area contributed by atoms with E-state index in [9.17, 15) is 14.7 Å². The summed E-state index contributed by atoms with van der Waals surface area (Å²) < 4.78 is 6.28. The van der Waals surface area contributed by atoms with E-state index in [4.69, 9.17) is 4.74 Å². The Hall–Kier alpha value is -0.670. The molecule has 1 heterocycles. The number of aliphatic hydroxyl groups is 1. The van der Waals surface area contributed by atoms with Crippen LogP contribution in [0.3, 0.4) is 0 Å². The second-order valence-corrected chi connectivity index (χ2v) is 6.61. The van der Waals surface area contributed by atoms with Crippen molar-refractivity contribution in [3.05, 3.63) is 31.8 Å². The lowest BCUT2D eigenvalue weighted by molar-refractivity contribution is -0.145. The summed E-state index contributed by atoms with van der Waals surface area (Å²) in [6.45, 7) is 0.135. The van der Waals surface area contributed by atoms with E-state index in [1.807, 2.05) is 6.07 Å². The first kappa shape index (κ1) is 15.7. The van der Waals surface area contributed by atoms with Crippen LogP contribution in [0, 0.1) is 3.57 Å². The number of amides is 1. The highest BCUT2D eigenvalue weighted by atomic mass is 127. The number of halogens is 2. The van der Waals surface area contributed by atoms with Gasteiger partial charge in [0.2, 0.25) is 0 Å². The molecule has 108 valence electrons. The topological polar surface area (TPSA) is 66.8 Å². The smallest absolute Gasteiger partial charge is 0.328 e. The molecule has 1 saturated heterocycles. The predicted octanol–water partition coefficient (Wildman–Crippen LogP) is 1.80. The number of nitrogens with zero attached hydrogens (tertiary/aromatic N) is 1. The highest BCUT2D eigenvalue weighted by Gasteiger charge is 2.40. The average molecular weight is 454 g/mol. The van der Waals surface area contributed by atoms with Gasteiger partial charge in [-0.3, -0.25) is 4.79 Å². The van der Waals surface area contributed by atoms with Crippen LogP contribution >= 0.6 is 38.5 Å². The van der Waals surface area contributed by atoms with Gasteiger partial charge in [-0.15, -0.1) is 0 Å². The van der Waals surface area contributed by atoms with E-state index in [0.717, 1.165) is 3.57 Å². The number of hydrogen-bond donors (Lipinski definition) is 1. The first-order valence-corrected chi connectivity index (χ1v) is 7.83. The Kier molecular flexibility index (Phi) is 5.03. The summed E-state index contributed by atoms with van der Waals surface area (Å²) in [5, 5.41) is 9.72. The monoisotopic (exact) mass is 453 g/mol. The van der Waals surface area contributed by atoms with Crippen molar-refractivity contribution in [2.45, 2.75) is 18.6 Å². The minimum Gasteiger partial charge on any atom is -0.467 e. The van der Waals surface area contributed by atoms with E-state index in [1.165, 1.54) is 12.0 Å². The highest BCUT2D eigenvalue weighted by Crippen LogP contribution is 2.26. The number of benzene rings is 1. The molecule has 1 aromatic carbocycles. The number of rotatable bonds is 2. The Labute approximate surface area is 138 Å². The maximum atomic E-state index is 12.6. The van der Waals surface area contributed by atoms with E-state index >= 15 is 0 Å². The van der Waals surface area contributed by atoms with Crippen LogP contribution in [-0.4, -0.2) is 47.7 Å². The van der Waals surface area contributed by atoms with Gasteiger partial charge in [0.1, 0.15) is 6.04 Å². The van der Waals surface area contributed by atoms with E-state index in [1.54, 1.807) is 12.1 Å². The average Bonchev–Trinajstić information content (AvgIpc) is 2.82. The van der Waals surface area contributed by atoms with Gasteiger partial charge in [0.05, 0.1) is 18.8 Å². The number of carbonyl (C=O) groups excluding carboxylic acids is 2. The number of hydrogen-bond acceptors (Lipinski definition) is 4. The van der Waals surface area contributed by atoms with Gasteiger partial charge in [0.25, 0.3) is 5.91 Å². The maximum absolute atomic E-state index is 12.6. The van der Waals surface area contributed by atoms with Gasteiger partial charge in [0, 0.05) is 21.0 Å². The summed E-state index contributed by atoms with van der Waals surface area (Å²) in [5.41, 5.74) is 0.472. The predicted molar refractivity (Wildman–Crippen MR) is 84.3 cm³/mol. The van der Waals surface area contributed by atoms with Gasteiger partial charge in [0.15, 0.2) is 0 Å². The van der Waals surface area contributed by atoms with Crippen LogP contribution in [0.5, 0.6) is 0 Å². The number of methoxy groups -OCH3 is 1. The zero-order valence-electron chi connectivity index (χ0n) is 10.7. The number of carbonyl (C=O) groups is 2. The number of aliphatic hydroxyl groups excluding tert-OH is 1. The van der Waals surface area contributed by atoms with Gasteiger partial charge in [-0.1, -0.05) is 0 Å². The highest BCUT2D eigenvalue weighted by molar-refractivity contribution is 14.1. The zero-order valence-corrected chi connectivity index (χ0v) is 14.4. The molecule has 2 atom stereocenters. The van der Waals surface area contributed by atoms with E-state index in [-0.39, 0.29) is 18.9 Å². The first-order chi connectivity index (χ1) is 9.43. The fourth-order valence-electron chi connectivity index (χ4n) is 2.21. The van der Waals surface area contributed by atoms with Crippen molar-refractivity contribution in [1.29, 1.82) is 0 Å². The van der Waals surface area contributed by atoms with Crippen molar-refractivity contribution in [2.24, 2.45) is 0 Å². The fraction of sp³-hybridized carbons (Fsp3) is 0.385. The van der Waals surface area contributed by atoms with Crippen molar-refractivity contribution in [3.8, 4) is 0 Å². The van der Waals surface area contributed by atoms with Gasteiger partial charge < -0.3 is 14.7 Å². The number of ether oxygens (including phenoxy) is 1. The summed E-state index contributed by atoms with van der Waals surface area (Å²) >= 11 is 5.45. The molecule has 1 aliphatic rings. The van der Waals surface area contributed by atoms with Crippen molar-refractivity contribution < 1.29 is 19.4 Å². The Bertz CT molecular complexity index is 551. The molecule has 0 aliphatic carbocycles. The van der Waals surface area contributed by atoms with Crippen LogP contribution in [0.25, 0.3) is 0 Å². The third-order valence-electron chi connectivity index (χ3n) is 3.17. The molecular formula is C13H13BrINO4. The lowest BCUT2D eigenvalue weighted by Gasteiger charge is -2.23. The third-order valence-corrected chi connectivity index (χ3v) is 4.53. The quantitative estimate of drug-likeness (QED) is 0.547. The van der Waals surface area contributed by atoms with Gasteiger partial charge in [-0.2, -0.15) is 0 Å². The molecule has 0 saturated carbocycles. The first-order valence-electron chi connectivity index (χ1n) is 5.96. The van der Waals surface area contributed by atoms with Crippen LogP contribution in [0.2, 0.25) is 0 Å². The van der Waals surface area contributed by atoms with Crippen LogP contribution in [-0.2, 0) is 9.53 Å². The summed E-state index contributed by atoms with van der Waals surface area (Å²) in [6, 6.07) is 4.67. The Morgan fingerprint density at radius 3 is 2.85 bits per heavy atom.